The Hall–Kier alpha value is -3.27. The zero-order valence-corrected chi connectivity index (χ0v) is 16.8. The van der Waals surface area contributed by atoms with Crippen LogP contribution in [0.1, 0.15) is 35.2 Å². The van der Waals surface area contributed by atoms with E-state index in [0.717, 1.165) is 6.20 Å². The van der Waals surface area contributed by atoms with Gasteiger partial charge >= 0.3 is 5.97 Å². The van der Waals surface area contributed by atoms with Crippen LogP contribution in [0.2, 0.25) is 5.02 Å². The molecule has 3 N–H and O–H groups in total. The third-order valence-corrected chi connectivity index (χ3v) is 5.76. The zero-order valence-electron chi connectivity index (χ0n) is 16.0. The Morgan fingerprint density at radius 1 is 1.32 bits per heavy atom. The summed E-state index contributed by atoms with van der Waals surface area (Å²) in [6.45, 7) is -0.677. The molecule has 1 fully saturated rings. The highest BCUT2D eigenvalue weighted by atomic mass is 35.5. The molecule has 3 heterocycles. The lowest BCUT2D eigenvalue weighted by Crippen LogP contribution is -2.47. The molecule has 2 atom stereocenters. The van der Waals surface area contributed by atoms with Gasteiger partial charge < -0.3 is 15.4 Å². The third kappa shape index (κ3) is 3.78. The minimum Gasteiger partial charge on any atom is -0.456 e. The fourth-order valence-corrected chi connectivity index (χ4v) is 4.19. The van der Waals surface area contributed by atoms with Gasteiger partial charge in [0.1, 0.15) is 6.04 Å². The molecule has 0 aliphatic carbocycles. The van der Waals surface area contributed by atoms with E-state index < -0.39 is 42.1 Å². The number of nitrogens with one attached hydrogen (secondary N) is 1. The van der Waals surface area contributed by atoms with E-state index in [-0.39, 0.29) is 34.3 Å². The van der Waals surface area contributed by atoms with Crippen LogP contribution in [0.15, 0.2) is 24.4 Å². The van der Waals surface area contributed by atoms with E-state index in [2.05, 4.69) is 10.2 Å². The van der Waals surface area contributed by atoms with Crippen molar-refractivity contribution in [1.29, 1.82) is 0 Å². The Bertz CT molecular complexity index is 1120. The van der Waals surface area contributed by atoms with Crippen molar-refractivity contribution in [3.63, 3.8) is 0 Å². The molecule has 0 radical (unpaired) electrons. The molecule has 8 nitrogen and oxygen atoms in total. The quantitative estimate of drug-likeness (QED) is 0.410. The average molecular weight is 451 g/mol. The SMILES string of the molecule is Nc1ccc(Cl)c(F)c1C1=CC(=O)N2C(CC[C@H]2C(=O)OCC(=O)c2c[nH]nc2F)C1. The number of aromatic amines is 1. The standard InChI is InChI=1S/C20H17ClF2N4O4/c21-12-2-3-13(24)17(18(12)22)9-5-10-1-4-14(27(10)16(29)6-9)20(30)31-8-15(28)11-7-25-26-19(11)23/h2-3,6-7,10,14H,1,4-5,8,24H2,(H,25,26)/t10?,14-/m0/s1. The van der Waals surface area contributed by atoms with Crippen LogP contribution in [0.25, 0.3) is 5.57 Å². The van der Waals surface area contributed by atoms with Crippen molar-refractivity contribution >= 4 is 40.5 Å². The minimum absolute atomic E-state index is 0.0826. The number of amides is 1. The van der Waals surface area contributed by atoms with Gasteiger partial charge in [0.25, 0.3) is 0 Å². The monoisotopic (exact) mass is 450 g/mol. The lowest BCUT2D eigenvalue weighted by Gasteiger charge is -2.33. The minimum atomic E-state index is -0.988. The van der Waals surface area contributed by atoms with E-state index >= 15 is 0 Å². The number of nitrogen functional groups attached to an aromatic ring is 1. The second-order valence-electron chi connectivity index (χ2n) is 7.31. The van der Waals surface area contributed by atoms with Gasteiger partial charge in [-0.15, -0.1) is 5.10 Å². The summed E-state index contributed by atoms with van der Waals surface area (Å²) in [5.74, 6) is -3.70. The van der Waals surface area contributed by atoms with Gasteiger partial charge in [-0.05, 0) is 37.0 Å². The predicted molar refractivity (Wildman–Crippen MR) is 106 cm³/mol. The Balaban J connectivity index is 1.48. The fraction of sp³-hybridized carbons (Fsp3) is 0.300. The van der Waals surface area contributed by atoms with Crippen LogP contribution in [0.4, 0.5) is 14.5 Å². The molecule has 31 heavy (non-hydrogen) atoms. The number of rotatable bonds is 5. The van der Waals surface area contributed by atoms with Crippen LogP contribution in [-0.4, -0.2) is 51.4 Å². The van der Waals surface area contributed by atoms with Gasteiger partial charge in [-0.3, -0.25) is 14.7 Å². The van der Waals surface area contributed by atoms with Crippen molar-refractivity contribution in [2.24, 2.45) is 0 Å². The number of fused-ring (bicyclic) bond motifs is 1. The molecule has 1 amide bonds. The van der Waals surface area contributed by atoms with Gasteiger partial charge in [0.15, 0.2) is 12.4 Å². The number of H-pyrrole nitrogens is 1. The number of ether oxygens (including phenoxy) is 1. The molecule has 2 aromatic rings. The Morgan fingerprint density at radius 2 is 2.10 bits per heavy atom. The number of Topliss-reactive ketones (excluding diaryl/α,β-unsaturated/α-hetero) is 1. The average Bonchev–Trinajstić information content (AvgIpc) is 3.35. The normalized spacial score (nSPS) is 20.4. The van der Waals surface area contributed by atoms with Crippen LogP contribution in [0.5, 0.6) is 0 Å². The lowest BCUT2D eigenvalue weighted by atomic mass is 9.92. The number of halogens is 3. The topological polar surface area (TPSA) is 118 Å². The maximum absolute atomic E-state index is 14.5. The number of carbonyl (C=O) groups excluding carboxylic acids is 3. The van der Waals surface area contributed by atoms with Gasteiger partial charge in [0.2, 0.25) is 17.6 Å². The number of aromatic nitrogens is 2. The number of hydrogen-bond donors (Lipinski definition) is 2. The molecule has 0 bridgehead atoms. The fourth-order valence-electron chi connectivity index (χ4n) is 4.03. The van der Waals surface area contributed by atoms with Crippen molar-refractivity contribution in [1.82, 2.24) is 15.1 Å². The summed E-state index contributed by atoms with van der Waals surface area (Å²) < 4.78 is 32.9. The van der Waals surface area contributed by atoms with Crippen molar-refractivity contribution in [3.8, 4) is 0 Å². The molecule has 1 aromatic heterocycles. The van der Waals surface area contributed by atoms with Crippen LogP contribution in [-0.2, 0) is 14.3 Å². The molecule has 2 aliphatic heterocycles. The molecule has 11 heteroatoms. The van der Waals surface area contributed by atoms with Gasteiger partial charge in [-0.2, -0.15) is 4.39 Å². The van der Waals surface area contributed by atoms with E-state index in [1.165, 1.54) is 23.1 Å². The van der Waals surface area contributed by atoms with Crippen molar-refractivity contribution in [3.05, 3.63) is 52.3 Å². The molecule has 162 valence electrons. The summed E-state index contributed by atoms with van der Waals surface area (Å²) >= 11 is 5.85. The number of ketones is 1. The van der Waals surface area contributed by atoms with Gasteiger partial charge in [-0.25, -0.2) is 9.18 Å². The number of anilines is 1. The second kappa shape index (κ2) is 8.10. The van der Waals surface area contributed by atoms with E-state index in [9.17, 15) is 23.2 Å². The van der Waals surface area contributed by atoms with Crippen LogP contribution in [0, 0.1) is 11.8 Å². The summed E-state index contributed by atoms with van der Waals surface area (Å²) in [4.78, 5) is 38.6. The van der Waals surface area contributed by atoms with E-state index in [1.807, 2.05) is 0 Å². The third-order valence-electron chi connectivity index (χ3n) is 5.47. The van der Waals surface area contributed by atoms with Crippen LogP contribution >= 0.6 is 11.6 Å². The largest absolute Gasteiger partial charge is 0.456 e. The Labute approximate surface area is 180 Å². The highest BCUT2D eigenvalue weighted by molar-refractivity contribution is 6.31. The summed E-state index contributed by atoms with van der Waals surface area (Å²) in [6, 6.07) is 1.56. The van der Waals surface area contributed by atoms with E-state index in [1.54, 1.807) is 0 Å². The first-order chi connectivity index (χ1) is 14.8. The smallest absolute Gasteiger partial charge is 0.329 e. The van der Waals surface area contributed by atoms with Gasteiger partial charge in [0, 0.05) is 29.6 Å². The molecule has 0 spiro atoms. The molecule has 0 saturated carbocycles. The maximum Gasteiger partial charge on any atom is 0.329 e. The summed E-state index contributed by atoms with van der Waals surface area (Å²) in [7, 11) is 0. The van der Waals surface area contributed by atoms with Crippen molar-refractivity contribution < 1.29 is 27.9 Å². The van der Waals surface area contributed by atoms with Crippen molar-refractivity contribution in [2.75, 3.05) is 12.3 Å². The molecule has 4 rings (SSSR count). The van der Waals surface area contributed by atoms with E-state index in [4.69, 9.17) is 22.1 Å². The number of esters is 1. The molecular formula is C20H17ClF2N4O4. The Kier molecular flexibility index (Phi) is 5.48. The van der Waals surface area contributed by atoms with Crippen molar-refractivity contribution in [2.45, 2.75) is 31.3 Å². The zero-order chi connectivity index (χ0) is 22.3. The predicted octanol–water partition coefficient (Wildman–Crippen LogP) is 2.50. The van der Waals surface area contributed by atoms with Gasteiger partial charge in [0.05, 0.1) is 10.6 Å². The van der Waals surface area contributed by atoms with Crippen LogP contribution < -0.4 is 5.73 Å². The number of benzene rings is 1. The summed E-state index contributed by atoms with van der Waals surface area (Å²) in [5, 5.41) is 5.30. The highest BCUT2D eigenvalue weighted by Crippen LogP contribution is 2.39. The molecule has 1 saturated heterocycles. The number of carbonyl (C=O) groups is 3. The number of nitrogens with two attached hydrogens (primary N) is 1. The summed E-state index contributed by atoms with van der Waals surface area (Å²) in [6.07, 6.45) is 3.39. The highest BCUT2D eigenvalue weighted by Gasteiger charge is 2.44. The van der Waals surface area contributed by atoms with E-state index in [0.29, 0.717) is 18.4 Å². The molecule has 1 unspecified atom stereocenters. The summed E-state index contributed by atoms with van der Waals surface area (Å²) in [5.41, 5.74) is 6.22. The first-order valence-electron chi connectivity index (χ1n) is 9.43. The molecular weight excluding hydrogens is 434 g/mol. The second-order valence-corrected chi connectivity index (χ2v) is 7.72. The lowest BCUT2D eigenvalue weighted by molar-refractivity contribution is -0.152. The molecule has 1 aromatic carbocycles. The Morgan fingerprint density at radius 3 is 2.81 bits per heavy atom. The molecule has 2 aliphatic rings. The van der Waals surface area contributed by atoms with Gasteiger partial charge in [-0.1, -0.05) is 11.6 Å². The number of nitrogens with zero attached hydrogens (tertiary/aromatic N) is 2. The first kappa shape index (κ1) is 21.0. The van der Waals surface area contributed by atoms with Crippen LogP contribution in [0.3, 0.4) is 0 Å². The number of hydrogen-bond acceptors (Lipinski definition) is 6. The first-order valence-corrected chi connectivity index (χ1v) is 9.81. The maximum atomic E-state index is 14.5.